The zero-order chi connectivity index (χ0) is 14.4. The second-order valence-corrected chi connectivity index (χ2v) is 5.86. The topological polar surface area (TPSA) is 49.3 Å². The lowest BCUT2D eigenvalue weighted by molar-refractivity contribution is -0.136. The predicted octanol–water partition coefficient (Wildman–Crippen LogP) is 1.80. The molecule has 0 unspecified atom stereocenters. The summed E-state index contributed by atoms with van der Waals surface area (Å²) >= 11 is 5.98. The van der Waals surface area contributed by atoms with E-state index >= 15 is 0 Å². The van der Waals surface area contributed by atoms with E-state index in [0.29, 0.717) is 11.7 Å². The van der Waals surface area contributed by atoms with Gasteiger partial charge in [-0.3, -0.25) is 4.79 Å². The maximum Gasteiger partial charge on any atom is 0.247 e. The number of nitrogens with zero attached hydrogens (tertiary/aromatic N) is 4. The van der Waals surface area contributed by atoms with Crippen LogP contribution in [0, 0.1) is 13.8 Å². The minimum atomic E-state index is -0.618. The molecule has 1 aliphatic rings. The number of carbonyl (C=O) groups is 1. The van der Waals surface area contributed by atoms with Gasteiger partial charge in [0.1, 0.15) is 5.54 Å². The van der Waals surface area contributed by atoms with Crippen LogP contribution in [0.4, 0.5) is 5.82 Å². The molecule has 1 fully saturated rings. The van der Waals surface area contributed by atoms with E-state index in [0.717, 1.165) is 23.5 Å². The molecule has 0 aromatic carbocycles. The number of amides is 1. The number of aromatic nitrogens is 2. The van der Waals surface area contributed by atoms with Crippen molar-refractivity contribution in [2.75, 3.05) is 25.0 Å². The Hall–Kier alpha value is -1.36. The Balaban J connectivity index is 2.48. The average Bonchev–Trinajstić information content (AvgIpc) is 2.35. The average molecular weight is 283 g/mol. The van der Waals surface area contributed by atoms with Crippen LogP contribution < -0.4 is 4.90 Å². The van der Waals surface area contributed by atoms with E-state index in [-0.39, 0.29) is 5.91 Å². The normalized spacial score (nSPS) is 18.9. The molecule has 5 nitrogen and oxygen atoms in total. The number of rotatable bonds is 1. The molecule has 2 heterocycles. The zero-order valence-electron chi connectivity index (χ0n) is 12.0. The van der Waals surface area contributed by atoms with Crippen LogP contribution in [-0.4, -0.2) is 46.7 Å². The Morgan fingerprint density at radius 3 is 2.42 bits per heavy atom. The largest absolute Gasteiger partial charge is 0.342 e. The highest BCUT2D eigenvalue weighted by Crippen LogP contribution is 2.31. The minimum Gasteiger partial charge on any atom is -0.342 e. The second kappa shape index (κ2) is 4.63. The van der Waals surface area contributed by atoms with Gasteiger partial charge in [-0.15, -0.1) is 10.2 Å². The minimum absolute atomic E-state index is 0.0903. The first-order valence-electron chi connectivity index (χ1n) is 6.29. The van der Waals surface area contributed by atoms with Crippen LogP contribution >= 0.6 is 11.6 Å². The molecule has 2 rings (SSSR count). The molecule has 1 aromatic heterocycles. The molecular formula is C13H19ClN4O. The van der Waals surface area contributed by atoms with Gasteiger partial charge in [-0.25, -0.2) is 0 Å². The summed E-state index contributed by atoms with van der Waals surface area (Å²) < 4.78 is 0. The quantitative estimate of drug-likeness (QED) is 0.788. The van der Waals surface area contributed by atoms with Crippen molar-refractivity contribution in [1.82, 2.24) is 15.1 Å². The fourth-order valence-electron chi connectivity index (χ4n) is 2.40. The molecule has 0 N–H and O–H groups in total. The molecule has 1 aliphatic heterocycles. The third-order valence-corrected chi connectivity index (χ3v) is 4.26. The molecule has 0 spiro atoms. The molecule has 0 radical (unpaired) electrons. The third kappa shape index (κ3) is 2.16. The number of hydrogen-bond donors (Lipinski definition) is 0. The molecule has 1 aromatic rings. The molecule has 1 saturated heterocycles. The molecule has 1 amide bonds. The summed E-state index contributed by atoms with van der Waals surface area (Å²) in [7, 11) is 1.83. The molecule has 0 aliphatic carbocycles. The Labute approximate surface area is 118 Å². The highest BCUT2D eigenvalue weighted by Gasteiger charge is 2.42. The van der Waals surface area contributed by atoms with Gasteiger partial charge in [-0.05, 0) is 38.8 Å². The van der Waals surface area contributed by atoms with Crippen LogP contribution in [-0.2, 0) is 4.79 Å². The highest BCUT2D eigenvalue weighted by molar-refractivity contribution is 6.30. The first-order chi connectivity index (χ1) is 8.76. The summed E-state index contributed by atoms with van der Waals surface area (Å²) in [5, 5.41) is 8.58. The molecule has 6 heteroatoms. The van der Waals surface area contributed by atoms with Gasteiger partial charge >= 0.3 is 0 Å². The lowest BCUT2D eigenvalue weighted by atomic mass is 9.97. The van der Waals surface area contributed by atoms with E-state index in [1.165, 1.54) is 0 Å². The number of carbonyl (C=O) groups excluding carboxylic acids is 1. The zero-order valence-corrected chi connectivity index (χ0v) is 12.7. The van der Waals surface area contributed by atoms with Crippen LogP contribution in [0.5, 0.6) is 0 Å². The van der Waals surface area contributed by atoms with Gasteiger partial charge in [0.05, 0.1) is 0 Å². The van der Waals surface area contributed by atoms with Gasteiger partial charge in [0.25, 0.3) is 0 Å². The smallest absolute Gasteiger partial charge is 0.247 e. The molecular weight excluding hydrogens is 264 g/mol. The van der Waals surface area contributed by atoms with Gasteiger partial charge in [0.15, 0.2) is 11.0 Å². The lowest BCUT2D eigenvalue weighted by Gasteiger charge is -2.45. The van der Waals surface area contributed by atoms with E-state index < -0.39 is 5.54 Å². The molecule has 0 saturated carbocycles. The Morgan fingerprint density at radius 2 is 1.79 bits per heavy atom. The molecule has 19 heavy (non-hydrogen) atoms. The monoisotopic (exact) mass is 282 g/mol. The first kappa shape index (κ1) is 14.1. The van der Waals surface area contributed by atoms with Crippen molar-refractivity contribution in [3.8, 4) is 0 Å². The fourth-order valence-corrected chi connectivity index (χ4v) is 2.58. The van der Waals surface area contributed by atoms with Crippen molar-refractivity contribution in [2.24, 2.45) is 0 Å². The van der Waals surface area contributed by atoms with Crippen LogP contribution in [0.15, 0.2) is 0 Å². The van der Waals surface area contributed by atoms with E-state index in [1.807, 2.05) is 39.6 Å². The Morgan fingerprint density at radius 1 is 1.16 bits per heavy atom. The van der Waals surface area contributed by atoms with Crippen molar-refractivity contribution in [2.45, 2.75) is 33.2 Å². The van der Waals surface area contributed by atoms with Crippen molar-refractivity contribution in [3.05, 3.63) is 16.3 Å². The summed E-state index contributed by atoms with van der Waals surface area (Å²) in [5.74, 6) is 0.834. The molecule has 0 bridgehead atoms. The number of anilines is 1. The van der Waals surface area contributed by atoms with E-state index in [2.05, 4.69) is 10.2 Å². The number of likely N-dealkylation sites (N-methyl/N-ethyl adjacent to an activating group) is 1. The number of halogens is 1. The Bertz CT molecular complexity index is 530. The first-order valence-corrected chi connectivity index (χ1v) is 6.67. The third-order valence-electron chi connectivity index (χ3n) is 3.90. The SMILES string of the molecule is Cc1c(Cl)nnc(N2CCN(C)C(=O)C2(C)C)c1C. The van der Waals surface area contributed by atoms with E-state index in [9.17, 15) is 4.79 Å². The van der Waals surface area contributed by atoms with Gasteiger partial charge in [-0.2, -0.15) is 0 Å². The Kier molecular flexibility index (Phi) is 3.43. The summed E-state index contributed by atoms with van der Waals surface area (Å²) in [4.78, 5) is 16.1. The van der Waals surface area contributed by atoms with E-state index in [1.54, 1.807) is 4.90 Å². The summed E-state index contributed by atoms with van der Waals surface area (Å²) in [6, 6.07) is 0. The standard InChI is InChI=1S/C13H19ClN4O/c1-8-9(2)11(16-15-10(8)14)18-7-6-17(5)12(19)13(18,3)4/h6-7H2,1-5H3. The summed E-state index contributed by atoms with van der Waals surface area (Å²) in [6.45, 7) is 9.13. The van der Waals surface area contributed by atoms with Gasteiger partial charge in [-0.1, -0.05) is 11.6 Å². The van der Waals surface area contributed by atoms with Crippen molar-refractivity contribution < 1.29 is 4.79 Å². The molecule has 0 atom stereocenters. The number of hydrogen-bond acceptors (Lipinski definition) is 4. The van der Waals surface area contributed by atoms with E-state index in [4.69, 9.17) is 11.6 Å². The van der Waals surface area contributed by atoms with Gasteiger partial charge in [0, 0.05) is 20.1 Å². The van der Waals surface area contributed by atoms with Crippen molar-refractivity contribution >= 4 is 23.3 Å². The number of piperazine rings is 1. The van der Waals surface area contributed by atoms with Crippen LogP contribution in [0.3, 0.4) is 0 Å². The lowest BCUT2D eigenvalue weighted by Crippen LogP contribution is -2.62. The predicted molar refractivity (Wildman–Crippen MR) is 75.6 cm³/mol. The van der Waals surface area contributed by atoms with Crippen molar-refractivity contribution in [3.63, 3.8) is 0 Å². The van der Waals surface area contributed by atoms with Gasteiger partial charge < -0.3 is 9.80 Å². The van der Waals surface area contributed by atoms with Crippen molar-refractivity contribution in [1.29, 1.82) is 0 Å². The van der Waals surface area contributed by atoms with Crippen LogP contribution in [0.2, 0.25) is 5.15 Å². The fraction of sp³-hybridized carbons (Fsp3) is 0.615. The van der Waals surface area contributed by atoms with Gasteiger partial charge in [0.2, 0.25) is 5.91 Å². The highest BCUT2D eigenvalue weighted by atomic mass is 35.5. The molecule has 104 valence electrons. The van der Waals surface area contributed by atoms with Crippen LogP contribution in [0.1, 0.15) is 25.0 Å². The maximum absolute atomic E-state index is 12.3. The summed E-state index contributed by atoms with van der Waals surface area (Å²) in [6.07, 6.45) is 0. The summed E-state index contributed by atoms with van der Waals surface area (Å²) in [5.41, 5.74) is 1.27. The maximum atomic E-state index is 12.3. The van der Waals surface area contributed by atoms with Crippen LogP contribution in [0.25, 0.3) is 0 Å². The second-order valence-electron chi connectivity index (χ2n) is 5.50.